The molecule has 0 aromatic heterocycles. The standard InChI is InChI=1S/C35H35N3O4/c1-42-32(39)24-36-35(41)33(28-12-6-3-7-13-28)38-22-20-26(21-23-38)25-16-18-29(19-17-25)37-34(40)31-15-9-8-14-30(31)27-10-4-2-5-11-27/h2-19,26,33H,20-24H2,1H3,(H,36,41)(H,37,40). The molecule has 1 saturated heterocycles. The fourth-order valence-electron chi connectivity index (χ4n) is 5.57. The van der Waals surface area contributed by atoms with Gasteiger partial charge >= 0.3 is 5.97 Å². The summed E-state index contributed by atoms with van der Waals surface area (Å²) < 4.78 is 4.68. The third kappa shape index (κ3) is 6.93. The molecule has 0 spiro atoms. The zero-order valence-electron chi connectivity index (χ0n) is 23.7. The molecule has 4 aromatic rings. The molecule has 2 N–H and O–H groups in total. The lowest BCUT2D eigenvalue weighted by Gasteiger charge is -2.37. The second kappa shape index (κ2) is 13.7. The number of rotatable bonds is 9. The average molecular weight is 562 g/mol. The predicted octanol–water partition coefficient (Wildman–Crippen LogP) is 5.82. The molecule has 42 heavy (non-hydrogen) atoms. The van der Waals surface area contributed by atoms with Crippen LogP contribution >= 0.6 is 0 Å². The van der Waals surface area contributed by atoms with E-state index in [4.69, 9.17) is 0 Å². The largest absolute Gasteiger partial charge is 0.468 e. The molecule has 1 heterocycles. The first-order chi connectivity index (χ1) is 20.5. The molecule has 214 valence electrons. The molecule has 5 rings (SSSR count). The van der Waals surface area contributed by atoms with Crippen LogP contribution in [-0.2, 0) is 14.3 Å². The van der Waals surface area contributed by atoms with Crippen LogP contribution in [0.3, 0.4) is 0 Å². The Morgan fingerprint density at radius 3 is 2.10 bits per heavy atom. The number of ether oxygens (including phenoxy) is 1. The van der Waals surface area contributed by atoms with Gasteiger partial charge in [0.1, 0.15) is 12.6 Å². The Labute approximate surface area is 246 Å². The van der Waals surface area contributed by atoms with Crippen molar-refractivity contribution in [3.8, 4) is 11.1 Å². The summed E-state index contributed by atoms with van der Waals surface area (Å²) in [7, 11) is 1.31. The van der Waals surface area contributed by atoms with E-state index in [9.17, 15) is 14.4 Å². The van der Waals surface area contributed by atoms with Gasteiger partial charge in [-0.2, -0.15) is 0 Å². The third-order valence-corrected chi connectivity index (χ3v) is 7.79. The van der Waals surface area contributed by atoms with Crippen LogP contribution in [0.15, 0.2) is 109 Å². The molecule has 0 saturated carbocycles. The maximum absolute atomic E-state index is 13.2. The zero-order valence-corrected chi connectivity index (χ0v) is 23.7. The van der Waals surface area contributed by atoms with Gasteiger partial charge in [0.2, 0.25) is 5.91 Å². The highest BCUT2D eigenvalue weighted by atomic mass is 16.5. The Morgan fingerprint density at radius 1 is 0.810 bits per heavy atom. The number of carbonyl (C=O) groups excluding carboxylic acids is 3. The van der Waals surface area contributed by atoms with Gasteiger partial charge in [-0.15, -0.1) is 0 Å². The topological polar surface area (TPSA) is 87.7 Å². The number of nitrogens with zero attached hydrogens (tertiary/aromatic N) is 1. The summed E-state index contributed by atoms with van der Waals surface area (Å²) in [5, 5.41) is 5.78. The summed E-state index contributed by atoms with van der Waals surface area (Å²) in [4.78, 5) is 40.1. The van der Waals surface area contributed by atoms with Crippen LogP contribution in [-0.4, -0.2) is 49.4 Å². The minimum absolute atomic E-state index is 0.145. The summed E-state index contributed by atoms with van der Waals surface area (Å²) in [5.41, 5.74) is 5.38. The number of amides is 2. The van der Waals surface area contributed by atoms with Gasteiger partial charge in [-0.1, -0.05) is 91.0 Å². The van der Waals surface area contributed by atoms with Crippen molar-refractivity contribution in [3.05, 3.63) is 126 Å². The lowest BCUT2D eigenvalue weighted by atomic mass is 9.88. The smallest absolute Gasteiger partial charge is 0.325 e. The van der Waals surface area contributed by atoms with Crippen LogP contribution in [0.25, 0.3) is 11.1 Å². The van der Waals surface area contributed by atoms with Gasteiger partial charge in [-0.05, 0) is 72.3 Å². The highest BCUT2D eigenvalue weighted by molar-refractivity contribution is 6.08. The molecule has 0 radical (unpaired) electrons. The molecule has 0 bridgehead atoms. The number of carbonyl (C=O) groups is 3. The second-order valence-electron chi connectivity index (χ2n) is 10.4. The summed E-state index contributed by atoms with van der Waals surface area (Å²) in [6.45, 7) is 1.32. The number of esters is 1. The molecule has 0 aliphatic carbocycles. The lowest BCUT2D eigenvalue weighted by molar-refractivity contribution is -0.142. The molecule has 7 nitrogen and oxygen atoms in total. The van der Waals surface area contributed by atoms with E-state index in [-0.39, 0.29) is 18.4 Å². The van der Waals surface area contributed by atoms with Crippen LogP contribution in [0.1, 0.15) is 46.3 Å². The van der Waals surface area contributed by atoms with Gasteiger partial charge in [-0.3, -0.25) is 19.3 Å². The monoisotopic (exact) mass is 561 g/mol. The highest BCUT2D eigenvalue weighted by Crippen LogP contribution is 2.33. The Bertz CT molecular complexity index is 1500. The molecule has 1 fully saturated rings. The van der Waals surface area contributed by atoms with Gasteiger partial charge in [-0.25, -0.2) is 0 Å². The minimum atomic E-state index is -0.479. The van der Waals surface area contributed by atoms with Crippen molar-refractivity contribution in [1.29, 1.82) is 0 Å². The molecular formula is C35H35N3O4. The molecule has 7 heteroatoms. The minimum Gasteiger partial charge on any atom is -0.468 e. The fraction of sp³-hybridized carbons (Fsp3) is 0.229. The van der Waals surface area contributed by atoms with Crippen LogP contribution in [0.5, 0.6) is 0 Å². The molecule has 4 aromatic carbocycles. The van der Waals surface area contributed by atoms with E-state index >= 15 is 0 Å². The van der Waals surface area contributed by atoms with Crippen LogP contribution in [0.4, 0.5) is 5.69 Å². The first-order valence-corrected chi connectivity index (χ1v) is 14.2. The Balaban J connectivity index is 1.22. The average Bonchev–Trinajstić information content (AvgIpc) is 3.05. The van der Waals surface area contributed by atoms with Gasteiger partial charge < -0.3 is 15.4 Å². The van der Waals surface area contributed by atoms with E-state index in [1.54, 1.807) is 0 Å². The number of likely N-dealkylation sites (tertiary alicyclic amines) is 1. The first kappa shape index (κ1) is 28.8. The van der Waals surface area contributed by atoms with E-state index < -0.39 is 12.0 Å². The molecule has 1 unspecified atom stereocenters. The number of piperidine rings is 1. The number of benzene rings is 4. The van der Waals surface area contributed by atoms with Crippen LogP contribution in [0.2, 0.25) is 0 Å². The normalized spacial score (nSPS) is 14.5. The van der Waals surface area contributed by atoms with Crippen LogP contribution < -0.4 is 10.6 Å². The highest BCUT2D eigenvalue weighted by Gasteiger charge is 2.31. The SMILES string of the molecule is COC(=O)CNC(=O)C(c1ccccc1)N1CCC(c2ccc(NC(=O)c3ccccc3-c3ccccc3)cc2)CC1. The Kier molecular flexibility index (Phi) is 9.41. The molecular weight excluding hydrogens is 526 g/mol. The van der Waals surface area contributed by atoms with Gasteiger partial charge in [0.05, 0.1) is 7.11 Å². The van der Waals surface area contributed by atoms with Crippen molar-refractivity contribution in [2.24, 2.45) is 0 Å². The Morgan fingerprint density at radius 2 is 1.43 bits per heavy atom. The number of methoxy groups -OCH3 is 1. The predicted molar refractivity (Wildman–Crippen MR) is 164 cm³/mol. The maximum atomic E-state index is 13.2. The van der Waals surface area contributed by atoms with E-state index in [0.29, 0.717) is 11.5 Å². The first-order valence-electron chi connectivity index (χ1n) is 14.2. The number of hydrogen-bond donors (Lipinski definition) is 2. The second-order valence-corrected chi connectivity index (χ2v) is 10.4. The Hall–Kier alpha value is -4.75. The number of nitrogens with one attached hydrogen (secondary N) is 2. The molecule has 2 amide bonds. The van der Waals surface area contributed by atoms with E-state index in [2.05, 4.69) is 32.4 Å². The zero-order chi connectivity index (χ0) is 29.3. The van der Waals surface area contributed by atoms with Crippen molar-refractivity contribution >= 4 is 23.5 Å². The van der Waals surface area contributed by atoms with E-state index in [1.165, 1.54) is 12.7 Å². The summed E-state index contributed by atoms with van der Waals surface area (Å²) in [6.07, 6.45) is 1.79. The van der Waals surface area contributed by atoms with Crippen molar-refractivity contribution in [3.63, 3.8) is 0 Å². The van der Waals surface area contributed by atoms with Crippen molar-refractivity contribution < 1.29 is 19.1 Å². The quantitative estimate of drug-likeness (QED) is 0.252. The number of hydrogen-bond acceptors (Lipinski definition) is 5. The van der Waals surface area contributed by atoms with Gasteiger partial charge in [0, 0.05) is 11.3 Å². The van der Waals surface area contributed by atoms with E-state index in [1.807, 2.05) is 97.1 Å². The summed E-state index contributed by atoms with van der Waals surface area (Å²) in [6, 6.07) is 34.8. The van der Waals surface area contributed by atoms with Gasteiger partial charge in [0.15, 0.2) is 0 Å². The molecule has 1 aliphatic heterocycles. The van der Waals surface area contributed by atoms with Gasteiger partial charge in [0.25, 0.3) is 5.91 Å². The summed E-state index contributed by atoms with van der Waals surface area (Å²) in [5.74, 6) is -0.486. The summed E-state index contributed by atoms with van der Waals surface area (Å²) >= 11 is 0. The molecule has 1 atom stereocenters. The third-order valence-electron chi connectivity index (χ3n) is 7.79. The van der Waals surface area contributed by atoms with E-state index in [0.717, 1.165) is 48.3 Å². The van der Waals surface area contributed by atoms with Crippen molar-refractivity contribution in [2.75, 3.05) is 32.1 Å². The maximum Gasteiger partial charge on any atom is 0.325 e. The van der Waals surface area contributed by atoms with Crippen molar-refractivity contribution in [2.45, 2.75) is 24.8 Å². The van der Waals surface area contributed by atoms with Crippen LogP contribution in [0, 0.1) is 0 Å². The molecule has 1 aliphatic rings. The number of anilines is 1. The lowest BCUT2D eigenvalue weighted by Crippen LogP contribution is -2.45. The fourth-order valence-corrected chi connectivity index (χ4v) is 5.57. The van der Waals surface area contributed by atoms with Crippen molar-refractivity contribution in [1.82, 2.24) is 10.2 Å².